The van der Waals surface area contributed by atoms with Crippen molar-refractivity contribution in [1.82, 2.24) is 10.2 Å². The van der Waals surface area contributed by atoms with Crippen molar-refractivity contribution in [2.75, 3.05) is 12.8 Å². The first-order valence-corrected chi connectivity index (χ1v) is 10.3. The third kappa shape index (κ3) is 6.92. The maximum Gasteiger partial charge on any atom is 0.242 e. The van der Waals surface area contributed by atoms with Gasteiger partial charge in [0.15, 0.2) is 0 Å². The summed E-state index contributed by atoms with van der Waals surface area (Å²) in [5, 5.41) is 3.35. The molecule has 0 unspecified atom stereocenters. The molecule has 4 nitrogen and oxygen atoms in total. The molecule has 0 saturated heterocycles. The van der Waals surface area contributed by atoms with Crippen LogP contribution < -0.4 is 5.32 Å². The molecule has 0 spiro atoms. The quantitative estimate of drug-likeness (QED) is 0.498. The van der Waals surface area contributed by atoms with Crippen LogP contribution in [0.3, 0.4) is 0 Å². The molecule has 144 valence electrons. The molecule has 1 atom stereocenters. The molecule has 0 aromatic heterocycles. The van der Waals surface area contributed by atoms with Crippen LogP contribution in [0.2, 0.25) is 5.02 Å². The van der Waals surface area contributed by atoms with Gasteiger partial charge in [-0.3, -0.25) is 9.59 Å². The molecule has 0 aliphatic rings. The number of amides is 2. The molecule has 2 amide bonds. The molecular weight excluding hydrogens is 380 g/mol. The van der Waals surface area contributed by atoms with E-state index in [1.54, 1.807) is 30.6 Å². The average Bonchev–Trinajstić information content (AvgIpc) is 2.70. The lowest BCUT2D eigenvalue weighted by Gasteiger charge is -2.28. The number of carbonyl (C=O) groups excluding carboxylic acids is 2. The van der Waals surface area contributed by atoms with Crippen molar-refractivity contribution >= 4 is 35.2 Å². The summed E-state index contributed by atoms with van der Waals surface area (Å²) in [6.45, 7) is 2.20. The molecule has 0 aliphatic heterocycles. The highest BCUT2D eigenvalue weighted by molar-refractivity contribution is 7.99. The van der Waals surface area contributed by atoms with Crippen LogP contribution in [0.25, 0.3) is 0 Å². The third-order valence-corrected chi connectivity index (χ3v) is 5.58. The summed E-state index contributed by atoms with van der Waals surface area (Å²) in [5.74, 6) is 0.669. The Morgan fingerprint density at radius 2 is 1.78 bits per heavy atom. The first-order chi connectivity index (χ1) is 13.0. The van der Waals surface area contributed by atoms with Crippen molar-refractivity contribution in [2.45, 2.75) is 37.2 Å². The lowest BCUT2D eigenvalue weighted by Crippen LogP contribution is -2.46. The van der Waals surface area contributed by atoms with E-state index >= 15 is 0 Å². The van der Waals surface area contributed by atoms with Crippen molar-refractivity contribution in [1.29, 1.82) is 0 Å². The fraction of sp³-hybridized carbons (Fsp3) is 0.333. The number of hydrogen-bond acceptors (Lipinski definition) is 3. The normalized spacial score (nSPS) is 11.7. The molecule has 0 saturated carbocycles. The molecule has 0 fully saturated rings. The maximum absolute atomic E-state index is 12.8. The van der Waals surface area contributed by atoms with Gasteiger partial charge in [-0.15, -0.1) is 11.8 Å². The van der Waals surface area contributed by atoms with Gasteiger partial charge in [0, 0.05) is 29.9 Å². The first kappa shape index (κ1) is 21.3. The van der Waals surface area contributed by atoms with E-state index in [0.717, 1.165) is 22.6 Å². The van der Waals surface area contributed by atoms with E-state index in [1.165, 1.54) is 0 Å². The zero-order valence-corrected chi connectivity index (χ0v) is 17.2. The summed E-state index contributed by atoms with van der Waals surface area (Å²) in [6.07, 6.45) is 1.16. The van der Waals surface area contributed by atoms with Gasteiger partial charge in [0.25, 0.3) is 0 Å². The minimum atomic E-state index is -0.508. The molecule has 6 heteroatoms. The van der Waals surface area contributed by atoms with Crippen LogP contribution in [0.15, 0.2) is 59.5 Å². The summed E-state index contributed by atoms with van der Waals surface area (Å²) < 4.78 is 0. The van der Waals surface area contributed by atoms with E-state index in [9.17, 15) is 9.59 Å². The molecule has 27 heavy (non-hydrogen) atoms. The summed E-state index contributed by atoms with van der Waals surface area (Å²) in [5.41, 5.74) is 1.01. The van der Waals surface area contributed by atoms with E-state index in [2.05, 4.69) is 5.32 Å². The second kappa shape index (κ2) is 11.0. The summed E-state index contributed by atoms with van der Waals surface area (Å²) in [7, 11) is 1.59. The summed E-state index contributed by atoms with van der Waals surface area (Å²) in [4.78, 5) is 27.6. The van der Waals surface area contributed by atoms with Gasteiger partial charge in [0.05, 0.1) is 0 Å². The highest BCUT2D eigenvalue weighted by Gasteiger charge is 2.24. The Morgan fingerprint density at radius 1 is 1.11 bits per heavy atom. The van der Waals surface area contributed by atoms with Gasteiger partial charge in [-0.05, 0) is 48.9 Å². The van der Waals surface area contributed by atoms with Crippen molar-refractivity contribution in [3.05, 3.63) is 65.2 Å². The van der Waals surface area contributed by atoms with Crippen LogP contribution in [-0.4, -0.2) is 35.6 Å². The number of halogens is 1. The van der Waals surface area contributed by atoms with Gasteiger partial charge in [0.1, 0.15) is 6.04 Å². The minimum absolute atomic E-state index is 0.00772. The Kier molecular flexibility index (Phi) is 8.69. The summed E-state index contributed by atoms with van der Waals surface area (Å²) >= 11 is 7.59. The van der Waals surface area contributed by atoms with Gasteiger partial charge in [-0.25, -0.2) is 0 Å². The number of benzene rings is 2. The number of nitrogens with one attached hydrogen (secondary N) is 1. The van der Waals surface area contributed by atoms with Gasteiger partial charge < -0.3 is 10.2 Å². The number of nitrogens with zero attached hydrogens (tertiary/aromatic N) is 1. The van der Waals surface area contributed by atoms with Gasteiger partial charge in [-0.2, -0.15) is 0 Å². The molecule has 0 heterocycles. The summed E-state index contributed by atoms with van der Waals surface area (Å²) in [6, 6.07) is 16.9. The molecular formula is C21H25ClN2O2S. The predicted molar refractivity (Wildman–Crippen MR) is 112 cm³/mol. The van der Waals surface area contributed by atoms with Crippen LogP contribution in [0.4, 0.5) is 0 Å². The SMILES string of the molecule is CNC(=O)[C@@H](C)N(Cc1ccccc1)C(=O)CCCSc1ccc(Cl)cc1. The lowest BCUT2D eigenvalue weighted by molar-refractivity contribution is -0.140. The van der Waals surface area contributed by atoms with Crippen LogP contribution in [0, 0.1) is 0 Å². The minimum Gasteiger partial charge on any atom is -0.357 e. The van der Waals surface area contributed by atoms with E-state index in [4.69, 9.17) is 11.6 Å². The lowest BCUT2D eigenvalue weighted by atomic mass is 10.1. The van der Waals surface area contributed by atoms with E-state index in [-0.39, 0.29) is 11.8 Å². The number of carbonyl (C=O) groups is 2. The van der Waals surface area contributed by atoms with Crippen LogP contribution in [0.5, 0.6) is 0 Å². The topological polar surface area (TPSA) is 49.4 Å². The predicted octanol–water partition coefficient (Wildman–Crippen LogP) is 4.38. The zero-order valence-electron chi connectivity index (χ0n) is 15.7. The van der Waals surface area contributed by atoms with E-state index in [0.29, 0.717) is 18.0 Å². The van der Waals surface area contributed by atoms with Gasteiger partial charge >= 0.3 is 0 Å². The Morgan fingerprint density at radius 3 is 2.41 bits per heavy atom. The average molecular weight is 405 g/mol. The van der Waals surface area contributed by atoms with Gasteiger partial charge in [-0.1, -0.05) is 41.9 Å². The zero-order chi connectivity index (χ0) is 19.6. The van der Waals surface area contributed by atoms with Crippen LogP contribution >= 0.6 is 23.4 Å². The molecule has 1 N–H and O–H groups in total. The molecule has 2 aromatic carbocycles. The number of rotatable bonds is 9. The molecule has 0 aliphatic carbocycles. The second-order valence-electron chi connectivity index (χ2n) is 6.20. The number of thioether (sulfide) groups is 1. The van der Waals surface area contributed by atoms with Crippen molar-refractivity contribution < 1.29 is 9.59 Å². The van der Waals surface area contributed by atoms with Crippen molar-refractivity contribution in [3.63, 3.8) is 0 Å². The van der Waals surface area contributed by atoms with Crippen LogP contribution in [-0.2, 0) is 16.1 Å². The standard InChI is InChI=1S/C21H25ClN2O2S/c1-16(21(26)23-2)24(15-17-7-4-3-5-8-17)20(25)9-6-14-27-19-12-10-18(22)11-13-19/h3-5,7-8,10-13,16H,6,9,14-15H2,1-2H3,(H,23,26)/t16-/m1/s1. The Bertz CT molecular complexity index is 738. The monoisotopic (exact) mass is 404 g/mol. The van der Waals surface area contributed by atoms with Crippen molar-refractivity contribution in [2.24, 2.45) is 0 Å². The highest BCUT2D eigenvalue weighted by atomic mass is 35.5. The maximum atomic E-state index is 12.8. The fourth-order valence-corrected chi connectivity index (χ4v) is 3.64. The van der Waals surface area contributed by atoms with E-state index in [1.807, 2.05) is 54.6 Å². The molecule has 0 radical (unpaired) electrons. The number of likely N-dealkylation sites (N-methyl/N-ethyl adjacent to an activating group) is 1. The molecule has 2 rings (SSSR count). The molecule has 0 bridgehead atoms. The first-order valence-electron chi connectivity index (χ1n) is 8.94. The van der Waals surface area contributed by atoms with Gasteiger partial charge in [0.2, 0.25) is 11.8 Å². The highest BCUT2D eigenvalue weighted by Crippen LogP contribution is 2.22. The molecule has 2 aromatic rings. The fourth-order valence-electron chi connectivity index (χ4n) is 2.66. The third-order valence-electron chi connectivity index (χ3n) is 4.23. The second-order valence-corrected chi connectivity index (χ2v) is 7.81. The largest absolute Gasteiger partial charge is 0.357 e. The van der Waals surface area contributed by atoms with E-state index < -0.39 is 6.04 Å². The Labute approximate surface area is 170 Å². The smallest absolute Gasteiger partial charge is 0.242 e. The van der Waals surface area contributed by atoms with Crippen LogP contribution in [0.1, 0.15) is 25.3 Å². The number of hydrogen-bond donors (Lipinski definition) is 1. The Balaban J connectivity index is 1.92. The van der Waals surface area contributed by atoms with Crippen molar-refractivity contribution in [3.8, 4) is 0 Å². The Hall–Kier alpha value is -1.98.